The predicted molar refractivity (Wildman–Crippen MR) is 64.4 cm³/mol. The molecule has 0 aromatic rings. The van der Waals surface area contributed by atoms with Crippen LogP contribution < -0.4 is 0 Å². The van der Waals surface area contributed by atoms with Gasteiger partial charge in [-0.25, -0.2) is 0 Å². The molecule has 0 aliphatic carbocycles. The van der Waals surface area contributed by atoms with Crippen LogP contribution in [0, 0.1) is 0 Å². The molecule has 0 spiro atoms. The smallest absolute Gasteiger partial charge is 0.209 e. The summed E-state index contributed by atoms with van der Waals surface area (Å²) in [5.41, 5.74) is 0. The molecule has 1 saturated heterocycles. The molecule has 1 heterocycles. The van der Waals surface area contributed by atoms with Gasteiger partial charge >= 0.3 is 0 Å². The SMILES string of the molecule is CC(C)OCCCN1CCCN(C=O)CC1. The number of nitrogens with zero attached hydrogens (tertiary/aromatic N) is 2. The van der Waals surface area contributed by atoms with Crippen LogP contribution in [0.25, 0.3) is 0 Å². The van der Waals surface area contributed by atoms with E-state index in [1.165, 1.54) is 0 Å². The van der Waals surface area contributed by atoms with Crippen molar-refractivity contribution in [3.05, 3.63) is 0 Å². The molecular weight excluding hydrogens is 204 g/mol. The molecule has 1 amide bonds. The average Bonchev–Trinajstić information content (AvgIpc) is 2.49. The fourth-order valence-corrected chi connectivity index (χ4v) is 1.93. The van der Waals surface area contributed by atoms with Crippen molar-refractivity contribution in [2.75, 3.05) is 39.3 Å². The maximum absolute atomic E-state index is 10.6. The monoisotopic (exact) mass is 228 g/mol. The van der Waals surface area contributed by atoms with Gasteiger partial charge in [0.15, 0.2) is 0 Å². The molecule has 4 nitrogen and oxygen atoms in total. The zero-order valence-corrected chi connectivity index (χ0v) is 10.5. The zero-order chi connectivity index (χ0) is 11.8. The van der Waals surface area contributed by atoms with Crippen LogP contribution in [0.3, 0.4) is 0 Å². The van der Waals surface area contributed by atoms with E-state index in [0.29, 0.717) is 6.10 Å². The number of hydrogen-bond donors (Lipinski definition) is 0. The molecule has 1 aliphatic heterocycles. The van der Waals surface area contributed by atoms with E-state index in [2.05, 4.69) is 18.7 Å². The first-order chi connectivity index (χ1) is 7.72. The van der Waals surface area contributed by atoms with Crippen molar-refractivity contribution in [1.29, 1.82) is 0 Å². The molecule has 0 bridgehead atoms. The van der Waals surface area contributed by atoms with E-state index in [1.54, 1.807) is 0 Å². The third kappa shape index (κ3) is 5.47. The molecule has 0 unspecified atom stereocenters. The first kappa shape index (κ1) is 13.5. The van der Waals surface area contributed by atoms with Gasteiger partial charge in [0.1, 0.15) is 0 Å². The van der Waals surface area contributed by atoms with E-state index in [9.17, 15) is 4.79 Å². The van der Waals surface area contributed by atoms with E-state index in [4.69, 9.17) is 4.74 Å². The lowest BCUT2D eigenvalue weighted by atomic mass is 10.3. The number of rotatable bonds is 6. The van der Waals surface area contributed by atoms with Crippen LogP contribution in [0.2, 0.25) is 0 Å². The van der Waals surface area contributed by atoms with Gasteiger partial charge in [-0.15, -0.1) is 0 Å². The van der Waals surface area contributed by atoms with Gasteiger partial charge in [-0.1, -0.05) is 0 Å². The van der Waals surface area contributed by atoms with Gasteiger partial charge in [0, 0.05) is 32.8 Å². The third-order valence-corrected chi connectivity index (χ3v) is 2.84. The second kappa shape index (κ2) is 7.63. The maximum Gasteiger partial charge on any atom is 0.209 e. The van der Waals surface area contributed by atoms with Crippen molar-refractivity contribution in [1.82, 2.24) is 9.80 Å². The van der Waals surface area contributed by atoms with Crippen LogP contribution in [-0.4, -0.2) is 61.6 Å². The molecule has 0 atom stereocenters. The van der Waals surface area contributed by atoms with Crippen LogP contribution in [0.1, 0.15) is 26.7 Å². The minimum absolute atomic E-state index is 0.328. The molecule has 1 fully saturated rings. The lowest BCUT2D eigenvalue weighted by Gasteiger charge is -2.20. The van der Waals surface area contributed by atoms with Crippen LogP contribution in [0.4, 0.5) is 0 Å². The number of ether oxygens (including phenoxy) is 1. The Morgan fingerprint density at radius 2 is 2.06 bits per heavy atom. The Kier molecular flexibility index (Phi) is 6.42. The highest BCUT2D eigenvalue weighted by Gasteiger charge is 2.12. The third-order valence-electron chi connectivity index (χ3n) is 2.84. The van der Waals surface area contributed by atoms with Gasteiger partial charge in [-0.05, 0) is 33.2 Å². The van der Waals surface area contributed by atoms with Gasteiger partial charge in [0.05, 0.1) is 6.10 Å². The minimum Gasteiger partial charge on any atom is -0.379 e. The molecular formula is C12H24N2O2. The van der Waals surface area contributed by atoms with Crippen LogP contribution >= 0.6 is 0 Å². The second-order valence-corrected chi connectivity index (χ2v) is 4.61. The standard InChI is InChI=1S/C12H24N2O2/c1-12(2)16-10-4-7-13-5-3-6-14(11-15)9-8-13/h11-12H,3-10H2,1-2H3. The normalized spacial score (nSPS) is 18.8. The Morgan fingerprint density at radius 1 is 1.25 bits per heavy atom. The summed E-state index contributed by atoms with van der Waals surface area (Å²) in [5, 5.41) is 0. The van der Waals surface area contributed by atoms with Crippen LogP contribution in [0.15, 0.2) is 0 Å². The summed E-state index contributed by atoms with van der Waals surface area (Å²) in [6.45, 7) is 9.93. The van der Waals surface area contributed by atoms with Crippen molar-refractivity contribution in [2.45, 2.75) is 32.8 Å². The van der Waals surface area contributed by atoms with Crippen molar-refractivity contribution in [3.8, 4) is 0 Å². The molecule has 0 saturated carbocycles. The van der Waals surface area contributed by atoms with E-state index in [0.717, 1.165) is 58.6 Å². The Hall–Kier alpha value is -0.610. The van der Waals surface area contributed by atoms with Crippen molar-refractivity contribution in [3.63, 3.8) is 0 Å². The summed E-state index contributed by atoms with van der Waals surface area (Å²) in [6.07, 6.45) is 3.46. The molecule has 4 heteroatoms. The fourth-order valence-electron chi connectivity index (χ4n) is 1.93. The first-order valence-electron chi connectivity index (χ1n) is 6.25. The summed E-state index contributed by atoms with van der Waals surface area (Å²) < 4.78 is 5.51. The molecule has 1 aliphatic rings. The molecule has 1 rings (SSSR count). The predicted octanol–water partition coefficient (Wildman–Crippen LogP) is 0.966. The lowest BCUT2D eigenvalue weighted by molar-refractivity contribution is -0.118. The molecule has 0 N–H and O–H groups in total. The summed E-state index contributed by atoms with van der Waals surface area (Å²) in [4.78, 5) is 14.9. The van der Waals surface area contributed by atoms with Crippen LogP contribution in [-0.2, 0) is 9.53 Å². The second-order valence-electron chi connectivity index (χ2n) is 4.61. The Balaban J connectivity index is 2.10. The van der Waals surface area contributed by atoms with Gasteiger partial charge in [0.2, 0.25) is 6.41 Å². The maximum atomic E-state index is 10.6. The summed E-state index contributed by atoms with van der Waals surface area (Å²) in [5.74, 6) is 0. The first-order valence-corrected chi connectivity index (χ1v) is 6.25. The quantitative estimate of drug-likeness (QED) is 0.501. The van der Waals surface area contributed by atoms with Crippen molar-refractivity contribution in [2.24, 2.45) is 0 Å². The number of hydrogen-bond acceptors (Lipinski definition) is 3. The van der Waals surface area contributed by atoms with Crippen molar-refractivity contribution >= 4 is 6.41 Å². The van der Waals surface area contributed by atoms with Gasteiger partial charge < -0.3 is 14.5 Å². The highest BCUT2D eigenvalue weighted by molar-refractivity contribution is 5.46. The Labute approximate surface area is 98.5 Å². The summed E-state index contributed by atoms with van der Waals surface area (Å²) in [6, 6.07) is 0. The van der Waals surface area contributed by atoms with Crippen molar-refractivity contribution < 1.29 is 9.53 Å². The Morgan fingerprint density at radius 3 is 2.75 bits per heavy atom. The van der Waals surface area contributed by atoms with Gasteiger partial charge in [-0.2, -0.15) is 0 Å². The van der Waals surface area contributed by atoms with E-state index >= 15 is 0 Å². The lowest BCUT2D eigenvalue weighted by Crippen LogP contribution is -2.31. The topological polar surface area (TPSA) is 32.8 Å². The molecule has 94 valence electrons. The van der Waals surface area contributed by atoms with E-state index in [1.807, 2.05) is 4.90 Å². The molecule has 16 heavy (non-hydrogen) atoms. The summed E-state index contributed by atoms with van der Waals surface area (Å²) >= 11 is 0. The highest BCUT2D eigenvalue weighted by Crippen LogP contribution is 2.02. The molecule has 0 aromatic heterocycles. The van der Waals surface area contributed by atoms with Crippen LogP contribution in [0.5, 0.6) is 0 Å². The fraction of sp³-hybridized carbons (Fsp3) is 0.917. The zero-order valence-electron chi connectivity index (χ0n) is 10.5. The number of carbonyl (C=O) groups is 1. The minimum atomic E-state index is 0.328. The van der Waals surface area contributed by atoms with E-state index in [-0.39, 0.29) is 0 Å². The van der Waals surface area contributed by atoms with Gasteiger partial charge in [0.25, 0.3) is 0 Å². The molecule has 0 radical (unpaired) electrons. The number of amides is 1. The highest BCUT2D eigenvalue weighted by atomic mass is 16.5. The molecule has 0 aromatic carbocycles. The summed E-state index contributed by atoms with van der Waals surface area (Å²) in [7, 11) is 0. The Bertz CT molecular complexity index is 197. The van der Waals surface area contributed by atoms with E-state index < -0.39 is 0 Å². The average molecular weight is 228 g/mol. The number of carbonyl (C=O) groups excluding carboxylic acids is 1. The van der Waals surface area contributed by atoms with Gasteiger partial charge in [-0.3, -0.25) is 4.79 Å². The largest absolute Gasteiger partial charge is 0.379 e.